The van der Waals surface area contributed by atoms with Crippen LogP contribution in [0.5, 0.6) is 5.88 Å². The molecule has 0 radical (unpaired) electrons. The number of nitrogens with one attached hydrogen (secondary N) is 1. The Morgan fingerprint density at radius 2 is 2.00 bits per heavy atom. The van der Waals surface area contributed by atoms with Crippen molar-refractivity contribution in [3.63, 3.8) is 0 Å². The highest BCUT2D eigenvalue weighted by Gasteiger charge is 2.31. The second-order valence-corrected chi connectivity index (χ2v) is 5.76. The number of hydrogen-bond acceptors (Lipinski definition) is 4. The molecule has 1 aliphatic rings. The van der Waals surface area contributed by atoms with Crippen LogP contribution in [0.4, 0.5) is 0 Å². The number of hydrogen-bond donors (Lipinski definition) is 2. The first-order chi connectivity index (χ1) is 10.0. The van der Waals surface area contributed by atoms with Crippen molar-refractivity contribution in [1.82, 2.24) is 15.1 Å². The number of carboxylic acids is 1. The van der Waals surface area contributed by atoms with Gasteiger partial charge in [0.1, 0.15) is 6.04 Å². The Morgan fingerprint density at radius 3 is 2.52 bits per heavy atom. The summed E-state index contributed by atoms with van der Waals surface area (Å²) in [5.74, 6) is -0.366. The summed E-state index contributed by atoms with van der Waals surface area (Å²) in [4.78, 5) is 11.7. The number of aromatic nitrogens is 2. The van der Waals surface area contributed by atoms with Crippen molar-refractivity contribution in [2.75, 3.05) is 7.11 Å². The van der Waals surface area contributed by atoms with Crippen LogP contribution in [0.25, 0.3) is 0 Å². The maximum absolute atomic E-state index is 11.7. The number of rotatable bonds is 5. The fourth-order valence-corrected chi connectivity index (χ4v) is 3.19. The van der Waals surface area contributed by atoms with Gasteiger partial charge in [-0.3, -0.25) is 10.1 Å². The van der Waals surface area contributed by atoms with Crippen molar-refractivity contribution in [2.45, 2.75) is 57.5 Å². The largest absolute Gasteiger partial charge is 0.481 e. The van der Waals surface area contributed by atoms with Crippen LogP contribution in [-0.2, 0) is 11.8 Å². The lowest BCUT2D eigenvalue weighted by molar-refractivity contribution is -0.140. The molecule has 0 aromatic carbocycles. The zero-order valence-corrected chi connectivity index (χ0v) is 13.1. The molecule has 1 aromatic heterocycles. The number of ether oxygens (including phenoxy) is 1. The highest BCUT2D eigenvalue weighted by Crippen LogP contribution is 2.30. The molecule has 6 nitrogen and oxygen atoms in total. The van der Waals surface area contributed by atoms with Gasteiger partial charge in [-0.2, -0.15) is 5.10 Å². The average Bonchev–Trinajstić information content (AvgIpc) is 2.62. The van der Waals surface area contributed by atoms with Gasteiger partial charge in [-0.15, -0.1) is 0 Å². The van der Waals surface area contributed by atoms with Crippen molar-refractivity contribution < 1.29 is 14.6 Å². The van der Waals surface area contributed by atoms with Gasteiger partial charge in [0.25, 0.3) is 0 Å². The van der Waals surface area contributed by atoms with Gasteiger partial charge in [0.2, 0.25) is 5.88 Å². The average molecular weight is 295 g/mol. The SMILES string of the molecule is COc1c(C(NC2CCCCCC2)C(=O)O)c(C)nn1C. The first-order valence-corrected chi connectivity index (χ1v) is 7.61. The van der Waals surface area contributed by atoms with Crippen molar-refractivity contribution in [3.05, 3.63) is 11.3 Å². The molecule has 1 fully saturated rings. The van der Waals surface area contributed by atoms with Crippen LogP contribution in [0, 0.1) is 6.92 Å². The van der Waals surface area contributed by atoms with Gasteiger partial charge >= 0.3 is 5.97 Å². The van der Waals surface area contributed by atoms with Crippen molar-refractivity contribution in [3.8, 4) is 5.88 Å². The molecule has 21 heavy (non-hydrogen) atoms. The Bertz CT molecular complexity index is 491. The lowest BCUT2D eigenvalue weighted by Gasteiger charge is -2.22. The smallest absolute Gasteiger partial charge is 0.325 e. The highest BCUT2D eigenvalue weighted by atomic mass is 16.5. The van der Waals surface area contributed by atoms with E-state index in [0.29, 0.717) is 17.1 Å². The number of nitrogens with zero attached hydrogens (tertiary/aromatic N) is 2. The van der Waals surface area contributed by atoms with Crippen LogP contribution >= 0.6 is 0 Å². The Hall–Kier alpha value is -1.56. The molecule has 6 heteroatoms. The molecule has 0 amide bonds. The lowest BCUT2D eigenvalue weighted by atomic mass is 10.0. The molecular weight excluding hydrogens is 270 g/mol. The topological polar surface area (TPSA) is 76.4 Å². The predicted molar refractivity (Wildman–Crippen MR) is 79.5 cm³/mol. The van der Waals surface area contributed by atoms with Gasteiger partial charge in [0.05, 0.1) is 18.4 Å². The number of methoxy groups -OCH3 is 1. The van der Waals surface area contributed by atoms with Crippen LogP contribution < -0.4 is 10.1 Å². The van der Waals surface area contributed by atoms with Gasteiger partial charge in [-0.1, -0.05) is 25.7 Å². The van der Waals surface area contributed by atoms with Crippen LogP contribution in [0.15, 0.2) is 0 Å². The van der Waals surface area contributed by atoms with Gasteiger partial charge in [0, 0.05) is 13.1 Å². The molecule has 1 atom stereocenters. The molecule has 1 unspecified atom stereocenters. The summed E-state index contributed by atoms with van der Waals surface area (Å²) in [6.07, 6.45) is 6.87. The van der Waals surface area contributed by atoms with Crippen LogP contribution in [0.2, 0.25) is 0 Å². The lowest BCUT2D eigenvalue weighted by Crippen LogP contribution is -2.37. The number of aliphatic carboxylic acids is 1. The first-order valence-electron chi connectivity index (χ1n) is 7.61. The molecule has 2 rings (SSSR count). The second-order valence-electron chi connectivity index (χ2n) is 5.76. The Morgan fingerprint density at radius 1 is 1.38 bits per heavy atom. The third-order valence-corrected chi connectivity index (χ3v) is 4.20. The summed E-state index contributed by atoms with van der Waals surface area (Å²) < 4.78 is 6.93. The van der Waals surface area contributed by atoms with Crippen LogP contribution in [0.1, 0.15) is 55.8 Å². The van der Waals surface area contributed by atoms with E-state index >= 15 is 0 Å². The fraction of sp³-hybridized carbons (Fsp3) is 0.733. The summed E-state index contributed by atoms with van der Waals surface area (Å²) in [5.41, 5.74) is 1.33. The van der Waals surface area contributed by atoms with Crippen LogP contribution in [-0.4, -0.2) is 34.0 Å². The van der Waals surface area contributed by atoms with E-state index in [4.69, 9.17) is 4.74 Å². The van der Waals surface area contributed by atoms with Gasteiger partial charge in [-0.05, 0) is 19.8 Å². The zero-order valence-electron chi connectivity index (χ0n) is 13.1. The summed E-state index contributed by atoms with van der Waals surface area (Å²) in [5, 5.41) is 17.2. The Labute approximate surface area is 125 Å². The minimum absolute atomic E-state index is 0.248. The van der Waals surface area contributed by atoms with E-state index in [-0.39, 0.29) is 6.04 Å². The number of carbonyl (C=O) groups is 1. The number of carboxylic acid groups (broad SMARTS) is 1. The molecule has 0 bridgehead atoms. The number of aryl methyl sites for hydroxylation is 2. The summed E-state index contributed by atoms with van der Waals surface area (Å²) in [6.45, 7) is 1.82. The third-order valence-electron chi connectivity index (χ3n) is 4.20. The quantitative estimate of drug-likeness (QED) is 0.814. The van der Waals surface area contributed by atoms with E-state index in [1.54, 1.807) is 18.8 Å². The van der Waals surface area contributed by atoms with Crippen molar-refractivity contribution in [1.29, 1.82) is 0 Å². The maximum atomic E-state index is 11.7. The highest BCUT2D eigenvalue weighted by molar-refractivity contribution is 5.77. The summed E-state index contributed by atoms with van der Waals surface area (Å²) >= 11 is 0. The second kappa shape index (κ2) is 6.93. The van der Waals surface area contributed by atoms with E-state index < -0.39 is 12.0 Å². The standard InChI is InChI=1S/C15H25N3O3/c1-10-12(14(21-3)18(2)17-10)13(15(19)20)16-11-8-6-4-5-7-9-11/h11,13,16H,4-9H2,1-3H3,(H,19,20). The molecule has 1 saturated carbocycles. The van der Waals surface area contributed by atoms with Crippen LogP contribution in [0.3, 0.4) is 0 Å². The summed E-state index contributed by atoms with van der Waals surface area (Å²) in [6, 6.07) is -0.519. The normalized spacial score (nSPS) is 18.2. The maximum Gasteiger partial charge on any atom is 0.325 e. The molecule has 0 spiro atoms. The molecule has 0 aliphatic heterocycles. The minimum atomic E-state index is -0.881. The van der Waals surface area contributed by atoms with Crippen molar-refractivity contribution in [2.24, 2.45) is 7.05 Å². The van der Waals surface area contributed by atoms with E-state index in [1.165, 1.54) is 12.8 Å². The Kier molecular flexibility index (Phi) is 5.22. The predicted octanol–water partition coefficient (Wildman–Crippen LogP) is 2.18. The van der Waals surface area contributed by atoms with E-state index in [1.807, 2.05) is 6.92 Å². The molecule has 1 aromatic rings. The van der Waals surface area contributed by atoms with Gasteiger partial charge in [0.15, 0.2) is 0 Å². The Balaban J connectivity index is 2.24. The molecule has 2 N–H and O–H groups in total. The van der Waals surface area contributed by atoms with Crippen molar-refractivity contribution >= 4 is 5.97 Å². The van der Waals surface area contributed by atoms with E-state index in [9.17, 15) is 9.90 Å². The van der Waals surface area contributed by atoms with Gasteiger partial charge < -0.3 is 9.84 Å². The molecule has 0 saturated heterocycles. The molecular formula is C15H25N3O3. The monoisotopic (exact) mass is 295 g/mol. The van der Waals surface area contributed by atoms with Gasteiger partial charge in [-0.25, -0.2) is 4.68 Å². The molecule has 118 valence electrons. The minimum Gasteiger partial charge on any atom is -0.481 e. The fourth-order valence-electron chi connectivity index (χ4n) is 3.19. The van der Waals surface area contributed by atoms with E-state index in [2.05, 4.69) is 10.4 Å². The summed E-state index contributed by atoms with van der Waals surface area (Å²) in [7, 11) is 3.31. The molecule has 1 heterocycles. The van der Waals surface area contributed by atoms with E-state index in [0.717, 1.165) is 25.7 Å². The molecule has 1 aliphatic carbocycles. The first kappa shape index (κ1) is 15.8. The third kappa shape index (κ3) is 3.56. The zero-order chi connectivity index (χ0) is 15.4.